The monoisotopic (exact) mass is 172 g/mol. The Morgan fingerprint density at radius 3 is 3.00 bits per heavy atom. The van der Waals surface area contributed by atoms with E-state index in [2.05, 4.69) is 30.7 Å². The van der Waals surface area contributed by atoms with Crippen LogP contribution >= 0.6 is 11.8 Å². The van der Waals surface area contributed by atoms with Crippen molar-refractivity contribution in [3.05, 3.63) is 11.9 Å². The topological polar surface area (TPSA) is 24.1 Å². The molecule has 0 amide bonds. The van der Waals surface area contributed by atoms with E-state index in [9.17, 15) is 0 Å². The van der Waals surface area contributed by atoms with E-state index in [1.165, 1.54) is 11.4 Å². The fraction of sp³-hybridized carbons (Fsp3) is 0.750. The first-order valence-electron chi connectivity index (χ1n) is 4.07. The van der Waals surface area contributed by atoms with Crippen LogP contribution in [0.15, 0.2) is 11.9 Å². The van der Waals surface area contributed by atoms with Crippen molar-refractivity contribution in [1.29, 1.82) is 0 Å². The third kappa shape index (κ3) is 3.56. The van der Waals surface area contributed by atoms with Crippen molar-refractivity contribution in [1.82, 2.24) is 10.6 Å². The molecule has 1 rings (SSSR count). The number of hydrogen-bond acceptors (Lipinski definition) is 3. The summed E-state index contributed by atoms with van der Waals surface area (Å²) in [5.74, 6) is 1.22. The SMILES string of the molecule is CC(C)SCCC1=CNCN1. The molecule has 11 heavy (non-hydrogen) atoms. The number of hydrogen-bond donors (Lipinski definition) is 2. The first-order chi connectivity index (χ1) is 5.29. The average Bonchev–Trinajstić information content (AvgIpc) is 2.39. The third-order valence-electron chi connectivity index (χ3n) is 1.52. The van der Waals surface area contributed by atoms with Gasteiger partial charge in [-0.15, -0.1) is 0 Å². The van der Waals surface area contributed by atoms with Gasteiger partial charge in [-0.2, -0.15) is 11.8 Å². The van der Waals surface area contributed by atoms with Gasteiger partial charge in [-0.25, -0.2) is 0 Å². The lowest BCUT2D eigenvalue weighted by Gasteiger charge is -2.04. The van der Waals surface area contributed by atoms with Crippen LogP contribution < -0.4 is 10.6 Å². The minimum atomic E-state index is 0.755. The molecule has 0 aliphatic carbocycles. The molecule has 3 heteroatoms. The fourth-order valence-corrected chi connectivity index (χ4v) is 1.76. The Labute approximate surface area is 72.8 Å². The highest BCUT2D eigenvalue weighted by atomic mass is 32.2. The maximum absolute atomic E-state index is 3.27. The Bertz CT molecular complexity index is 143. The molecule has 0 saturated heterocycles. The van der Waals surface area contributed by atoms with E-state index >= 15 is 0 Å². The molecule has 0 bridgehead atoms. The van der Waals surface area contributed by atoms with Crippen LogP contribution in [0.2, 0.25) is 0 Å². The van der Waals surface area contributed by atoms with Crippen LogP contribution in [0, 0.1) is 0 Å². The third-order valence-corrected chi connectivity index (χ3v) is 2.62. The van der Waals surface area contributed by atoms with E-state index in [-0.39, 0.29) is 0 Å². The predicted octanol–water partition coefficient (Wildman–Crippen LogP) is 1.51. The molecule has 0 fully saturated rings. The predicted molar refractivity (Wildman–Crippen MR) is 51.4 cm³/mol. The van der Waals surface area contributed by atoms with Crippen LogP contribution in [0.4, 0.5) is 0 Å². The highest BCUT2D eigenvalue weighted by Gasteiger charge is 2.02. The quantitative estimate of drug-likeness (QED) is 0.672. The molecule has 0 aromatic rings. The summed E-state index contributed by atoms with van der Waals surface area (Å²) in [6.45, 7) is 5.38. The van der Waals surface area contributed by atoms with Crippen molar-refractivity contribution in [3.63, 3.8) is 0 Å². The highest BCUT2D eigenvalue weighted by Crippen LogP contribution is 2.13. The van der Waals surface area contributed by atoms with Gasteiger partial charge in [0.25, 0.3) is 0 Å². The van der Waals surface area contributed by atoms with E-state index in [1.807, 2.05) is 11.8 Å². The summed E-state index contributed by atoms with van der Waals surface area (Å²) in [7, 11) is 0. The summed E-state index contributed by atoms with van der Waals surface area (Å²) in [5, 5.41) is 7.15. The Kier molecular flexibility index (Phi) is 3.63. The molecule has 64 valence electrons. The molecule has 1 aliphatic rings. The molecule has 1 heterocycles. The van der Waals surface area contributed by atoms with Crippen LogP contribution in [0.5, 0.6) is 0 Å². The summed E-state index contributed by atoms with van der Waals surface area (Å²) in [4.78, 5) is 0. The summed E-state index contributed by atoms with van der Waals surface area (Å²) < 4.78 is 0. The standard InChI is InChI=1S/C8H16N2S/c1-7(2)11-4-3-8-5-9-6-10-8/h5,7,9-10H,3-4,6H2,1-2H3. The van der Waals surface area contributed by atoms with Crippen LogP contribution in [0.1, 0.15) is 20.3 Å². The molecular formula is C8H16N2S. The van der Waals surface area contributed by atoms with Gasteiger partial charge in [0, 0.05) is 11.9 Å². The first-order valence-corrected chi connectivity index (χ1v) is 5.12. The second-order valence-corrected chi connectivity index (χ2v) is 4.58. The van der Waals surface area contributed by atoms with Gasteiger partial charge in [0.1, 0.15) is 0 Å². The molecule has 0 atom stereocenters. The Balaban J connectivity index is 2.03. The number of nitrogens with one attached hydrogen (secondary N) is 2. The lowest BCUT2D eigenvalue weighted by Crippen LogP contribution is -2.14. The van der Waals surface area contributed by atoms with Crippen LogP contribution in [0.3, 0.4) is 0 Å². The normalized spacial score (nSPS) is 16.1. The van der Waals surface area contributed by atoms with Gasteiger partial charge in [-0.1, -0.05) is 13.8 Å². The fourth-order valence-electron chi connectivity index (χ4n) is 0.955. The molecule has 0 saturated carbocycles. The molecule has 2 nitrogen and oxygen atoms in total. The van der Waals surface area contributed by atoms with Gasteiger partial charge in [0.2, 0.25) is 0 Å². The molecule has 0 radical (unpaired) electrons. The molecule has 0 aromatic carbocycles. The molecule has 2 N–H and O–H groups in total. The van der Waals surface area contributed by atoms with E-state index in [0.29, 0.717) is 0 Å². The molecule has 0 unspecified atom stereocenters. The highest BCUT2D eigenvalue weighted by molar-refractivity contribution is 7.99. The number of rotatable bonds is 4. The zero-order valence-electron chi connectivity index (χ0n) is 7.18. The van der Waals surface area contributed by atoms with Gasteiger partial charge in [-0.3, -0.25) is 0 Å². The van der Waals surface area contributed by atoms with Gasteiger partial charge in [0.05, 0.1) is 6.67 Å². The van der Waals surface area contributed by atoms with Gasteiger partial charge >= 0.3 is 0 Å². The van der Waals surface area contributed by atoms with E-state index in [0.717, 1.165) is 18.3 Å². The minimum Gasteiger partial charge on any atom is -0.372 e. The Morgan fingerprint density at radius 2 is 2.45 bits per heavy atom. The van der Waals surface area contributed by atoms with Gasteiger partial charge in [0.15, 0.2) is 0 Å². The molecular weight excluding hydrogens is 156 g/mol. The van der Waals surface area contributed by atoms with Crippen molar-refractivity contribution in [3.8, 4) is 0 Å². The van der Waals surface area contributed by atoms with Crippen molar-refractivity contribution < 1.29 is 0 Å². The lowest BCUT2D eigenvalue weighted by molar-refractivity contribution is 0.793. The second-order valence-electron chi connectivity index (χ2n) is 2.90. The zero-order valence-corrected chi connectivity index (χ0v) is 8.00. The summed E-state index contributed by atoms with van der Waals surface area (Å²) >= 11 is 2.01. The van der Waals surface area contributed by atoms with Gasteiger partial charge in [-0.05, 0) is 17.4 Å². The summed E-state index contributed by atoms with van der Waals surface area (Å²) in [6, 6.07) is 0. The number of allylic oxidation sites excluding steroid dienone is 1. The van der Waals surface area contributed by atoms with Crippen LogP contribution in [-0.4, -0.2) is 17.7 Å². The summed E-state index contributed by atoms with van der Waals surface area (Å²) in [6.07, 6.45) is 3.23. The zero-order chi connectivity index (χ0) is 8.10. The van der Waals surface area contributed by atoms with E-state index < -0.39 is 0 Å². The van der Waals surface area contributed by atoms with Crippen molar-refractivity contribution in [2.45, 2.75) is 25.5 Å². The lowest BCUT2D eigenvalue weighted by atomic mass is 10.4. The van der Waals surface area contributed by atoms with Crippen LogP contribution in [0.25, 0.3) is 0 Å². The van der Waals surface area contributed by atoms with Crippen molar-refractivity contribution >= 4 is 11.8 Å². The summed E-state index contributed by atoms with van der Waals surface area (Å²) in [5.41, 5.74) is 1.35. The number of thioether (sulfide) groups is 1. The molecule has 0 spiro atoms. The maximum atomic E-state index is 3.27. The first kappa shape index (κ1) is 8.78. The average molecular weight is 172 g/mol. The Hall–Kier alpha value is -0.310. The largest absolute Gasteiger partial charge is 0.372 e. The van der Waals surface area contributed by atoms with Crippen molar-refractivity contribution in [2.24, 2.45) is 0 Å². The minimum absolute atomic E-state index is 0.755. The molecule has 1 aliphatic heterocycles. The Morgan fingerprint density at radius 1 is 1.64 bits per heavy atom. The van der Waals surface area contributed by atoms with E-state index in [4.69, 9.17) is 0 Å². The smallest absolute Gasteiger partial charge is 0.0843 e. The maximum Gasteiger partial charge on any atom is 0.0843 e. The van der Waals surface area contributed by atoms with Crippen LogP contribution in [-0.2, 0) is 0 Å². The second kappa shape index (κ2) is 4.54. The van der Waals surface area contributed by atoms with Crippen molar-refractivity contribution in [2.75, 3.05) is 12.4 Å². The van der Waals surface area contributed by atoms with E-state index in [1.54, 1.807) is 0 Å². The van der Waals surface area contributed by atoms with Gasteiger partial charge < -0.3 is 10.6 Å². The molecule has 0 aromatic heterocycles.